The summed E-state index contributed by atoms with van der Waals surface area (Å²) in [6, 6.07) is -0.743. The Morgan fingerprint density at radius 1 is 1.19 bits per heavy atom. The standard InChI is InChI=1S/C9H14N2O5/c1-6(2)3-10-9(16)11(4-7(12)13)5-8(14)15/h1,3-5H2,2H3,(H,10,16)(H,12,13)(H,14,15). The van der Waals surface area contributed by atoms with E-state index in [-0.39, 0.29) is 6.54 Å². The van der Waals surface area contributed by atoms with Gasteiger partial charge in [0.05, 0.1) is 0 Å². The molecule has 0 rings (SSSR count). The van der Waals surface area contributed by atoms with E-state index in [1.165, 1.54) is 0 Å². The van der Waals surface area contributed by atoms with Crippen molar-refractivity contribution in [2.24, 2.45) is 0 Å². The van der Waals surface area contributed by atoms with Crippen LogP contribution in [0.3, 0.4) is 0 Å². The minimum atomic E-state index is -1.27. The number of carboxylic acids is 2. The smallest absolute Gasteiger partial charge is 0.323 e. The number of carbonyl (C=O) groups is 3. The summed E-state index contributed by atoms with van der Waals surface area (Å²) in [7, 11) is 0. The fraction of sp³-hybridized carbons (Fsp3) is 0.444. The lowest BCUT2D eigenvalue weighted by Crippen LogP contribution is -2.45. The highest BCUT2D eigenvalue weighted by molar-refractivity contribution is 5.84. The molecule has 0 heterocycles. The zero-order valence-electron chi connectivity index (χ0n) is 8.89. The number of aliphatic carboxylic acids is 2. The van der Waals surface area contributed by atoms with Gasteiger partial charge in [0.25, 0.3) is 0 Å². The second-order valence-corrected chi connectivity index (χ2v) is 3.26. The summed E-state index contributed by atoms with van der Waals surface area (Å²) >= 11 is 0. The molecule has 0 aromatic heterocycles. The van der Waals surface area contributed by atoms with E-state index in [0.29, 0.717) is 10.5 Å². The highest BCUT2D eigenvalue weighted by Crippen LogP contribution is 1.91. The van der Waals surface area contributed by atoms with Crippen molar-refractivity contribution in [3.8, 4) is 0 Å². The molecule has 0 saturated heterocycles. The molecule has 0 radical (unpaired) electrons. The van der Waals surface area contributed by atoms with Crippen LogP contribution in [-0.4, -0.2) is 52.7 Å². The van der Waals surface area contributed by atoms with Crippen LogP contribution in [0.15, 0.2) is 12.2 Å². The zero-order valence-corrected chi connectivity index (χ0v) is 8.89. The van der Waals surface area contributed by atoms with Crippen LogP contribution in [-0.2, 0) is 9.59 Å². The Kier molecular flexibility index (Phi) is 5.61. The third kappa shape index (κ3) is 6.41. The third-order valence-electron chi connectivity index (χ3n) is 1.48. The van der Waals surface area contributed by atoms with Crippen LogP contribution >= 0.6 is 0 Å². The summed E-state index contributed by atoms with van der Waals surface area (Å²) in [5, 5.41) is 19.3. The lowest BCUT2D eigenvalue weighted by molar-refractivity contribution is -0.140. The minimum absolute atomic E-state index is 0.175. The first kappa shape index (κ1) is 13.9. The summed E-state index contributed by atoms with van der Waals surface area (Å²) in [5.74, 6) is -2.54. The van der Waals surface area contributed by atoms with Gasteiger partial charge in [0.1, 0.15) is 13.1 Å². The van der Waals surface area contributed by atoms with Crippen LogP contribution in [0.2, 0.25) is 0 Å². The monoisotopic (exact) mass is 230 g/mol. The Labute approximate surface area is 92.4 Å². The maximum absolute atomic E-state index is 11.4. The molecule has 90 valence electrons. The second kappa shape index (κ2) is 6.44. The first-order valence-corrected chi connectivity index (χ1v) is 4.43. The fourth-order valence-electron chi connectivity index (χ4n) is 0.864. The maximum Gasteiger partial charge on any atom is 0.323 e. The first-order valence-electron chi connectivity index (χ1n) is 4.43. The molecule has 0 spiro atoms. The molecular formula is C9H14N2O5. The Morgan fingerprint density at radius 2 is 1.62 bits per heavy atom. The van der Waals surface area contributed by atoms with Crippen molar-refractivity contribution in [2.75, 3.05) is 19.6 Å². The van der Waals surface area contributed by atoms with Gasteiger partial charge < -0.3 is 20.4 Å². The van der Waals surface area contributed by atoms with E-state index in [2.05, 4.69) is 11.9 Å². The lowest BCUT2D eigenvalue weighted by Gasteiger charge is -2.18. The Balaban J connectivity index is 4.36. The number of carboxylic acid groups (broad SMARTS) is 2. The normalized spacial score (nSPS) is 9.31. The van der Waals surface area contributed by atoms with E-state index in [1.807, 2.05) is 0 Å². The van der Waals surface area contributed by atoms with E-state index in [9.17, 15) is 14.4 Å². The predicted octanol–water partition coefficient (Wildman–Crippen LogP) is -0.257. The number of rotatable bonds is 6. The molecule has 3 N–H and O–H groups in total. The van der Waals surface area contributed by atoms with Crippen molar-refractivity contribution in [1.82, 2.24) is 10.2 Å². The lowest BCUT2D eigenvalue weighted by atomic mass is 10.3. The van der Waals surface area contributed by atoms with Gasteiger partial charge in [-0.15, -0.1) is 0 Å². The number of nitrogens with one attached hydrogen (secondary N) is 1. The quantitative estimate of drug-likeness (QED) is 0.545. The summed E-state index contributed by atoms with van der Waals surface area (Å²) in [5.41, 5.74) is 0.680. The van der Waals surface area contributed by atoms with Gasteiger partial charge in [-0.05, 0) is 6.92 Å². The number of hydrogen-bond acceptors (Lipinski definition) is 3. The molecule has 7 nitrogen and oxygen atoms in total. The summed E-state index contributed by atoms with van der Waals surface area (Å²) in [6.45, 7) is 4.08. The van der Waals surface area contributed by atoms with Gasteiger partial charge in [-0.1, -0.05) is 12.2 Å². The topological polar surface area (TPSA) is 107 Å². The van der Waals surface area contributed by atoms with Crippen LogP contribution in [0.1, 0.15) is 6.92 Å². The summed E-state index contributed by atoms with van der Waals surface area (Å²) in [6.07, 6.45) is 0. The van der Waals surface area contributed by atoms with Crippen molar-refractivity contribution in [3.63, 3.8) is 0 Å². The average molecular weight is 230 g/mol. The van der Waals surface area contributed by atoms with Crippen LogP contribution in [0.25, 0.3) is 0 Å². The molecule has 16 heavy (non-hydrogen) atoms. The molecule has 0 aliphatic rings. The molecule has 2 amide bonds. The largest absolute Gasteiger partial charge is 0.480 e. The SMILES string of the molecule is C=C(C)CNC(=O)N(CC(=O)O)CC(=O)O. The maximum atomic E-state index is 11.4. The van der Waals surface area contributed by atoms with Gasteiger partial charge in [-0.2, -0.15) is 0 Å². The fourth-order valence-corrected chi connectivity index (χ4v) is 0.864. The number of nitrogens with zero attached hydrogens (tertiary/aromatic N) is 1. The molecule has 0 aromatic rings. The number of urea groups is 1. The van der Waals surface area contributed by atoms with E-state index < -0.39 is 31.1 Å². The van der Waals surface area contributed by atoms with Crippen molar-refractivity contribution in [3.05, 3.63) is 12.2 Å². The van der Waals surface area contributed by atoms with E-state index in [1.54, 1.807) is 6.92 Å². The number of carbonyl (C=O) groups excluding carboxylic acids is 1. The van der Waals surface area contributed by atoms with E-state index in [0.717, 1.165) is 0 Å². The molecule has 0 bridgehead atoms. The van der Waals surface area contributed by atoms with Gasteiger partial charge in [-0.25, -0.2) is 4.79 Å². The first-order chi connectivity index (χ1) is 7.32. The number of hydrogen-bond donors (Lipinski definition) is 3. The molecule has 7 heteroatoms. The van der Waals surface area contributed by atoms with Crippen LogP contribution in [0.5, 0.6) is 0 Å². The summed E-state index contributed by atoms with van der Waals surface area (Å²) in [4.78, 5) is 32.9. The highest BCUT2D eigenvalue weighted by atomic mass is 16.4. The van der Waals surface area contributed by atoms with Gasteiger partial charge in [-0.3, -0.25) is 9.59 Å². The average Bonchev–Trinajstić information content (AvgIpc) is 2.11. The second-order valence-electron chi connectivity index (χ2n) is 3.26. The van der Waals surface area contributed by atoms with Crippen molar-refractivity contribution < 1.29 is 24.6 Å². The molecule has 0 aliphatic heterocycles. The zero-order chi connectivity index (χ0) is 12.7. The molecule has 0 unspecified atom stereocenters. The molecule has 0 fully saturated rings. The molecule has 0 atom stereocenters. The Bertz CT molecular complexity index is 297. The van der Waals surface area contributed by atoms with Gasteiger partial charge in [0.15, 0.2) is 0 Å². The van der Waals surface area contributed by atoms with Crippen molar-refractivity contribution >= 4 is 18.0 Å². The molecule has 0 aliphatic carbocycles. The minimum Gasteiger partial charge on any atom is -0.480 e. The van der Waals surface area contributed by atoms with Crippen LogP contribution < -0.4 is 5.32 Å². The van der Waals surface area contributed by atoms with E-state index >= 15 is 0 Å². The molecule has 0 aromatic carbocycles. The molecule has 0 saturated carbocycles. The number of amides is 2. The Hall–Kier alpha value is -2.05. The van der Waals surface area contributed by atoms with E-state index in [4.69, 9.17) is 10.2 Å². The summed E-state index contributed by atoms with van der Waals surface area (Å²) < 4.78 is 0. The van der Waals surface area contributed by atoms with Crippen molar-refractivity contribution in [1.29, 1.82) is 0 Å². The van der Waals surface area contributed by atoms with Crippen molar-refractivity contribution in [2.45, 2.75) is 6.92 Å². The van der Waals surface area contributed by atoms with Gasteiger partial charge in [0, 0.05) is 6.54 Å². The van der Waals surface area contributed by atoms with Crippen LogP contribution in [0.4, 0.5) is 4.79 Å². The predicted molar refractivity (Wildman–Crippen MR) is 55.1 cm³/mol. The van der Waals surface area contributed by atoms with Gasteiger partial charge >= 0.3 is 18.0 Å². The Morgan fingerprint density at radius 3 is 1.94 bits per heavy atom. The third-order valence-corrected chi connectivity index (χ3v) is 1.48. The molecular weight excluding hydrogens is 216 g/mol. The van der Waals surface area contributed by atoms with Gasteiger partial charge in [0.2, 0.25) is 0 Å². The highest BCUT2D eigenvalue weighted by Gasteiger charge is 2.18. The van der Waals surface area contributed by atoms with Crippen LogP contribution in [0, 0.1) is 0 Å².